The number of halogens is 2. The van der Waals surface area contributed by atoms with Crippen molar-refractivity contribution in [1.29, 1.82) is 0 Å². The van der Waals surface area contributed by atoms with Crippen molar-refractivity contribution in [3.63, 3.8) is 0 Å². The van der Waals surface area contributed by atoms with Gasteiger partial charge in [-0.15, -0.1) is 0 Å². The van der Waals surface area contributed by atoms with Crippen LogP contribution in [0.25, 0.3) is 0 Å². The van der Waals surface area contributed by atoms with Crippen molar-refractivity contribution in [3.8, 4) is 0 Å². The first-order valence-corrected chi connectivity index (χ1v) is 6.57. The molecule has 0 saturated heterocycles. The number of carbonyl (C=O) groups excluding carboxylic acids is 1. The van der Waals surface area contributed by atoms with Crippen LogP contribution in [0.3, 0.4) is 0 Å². The van der Waals surface area contributed by atoms with E-state index in [0.29, 0.717) is 0 Å². The Bertz CT molecular complexity index is 510. The van der Waals surface area contributed by atoms with Gasteiger partial charge in [0, 0.05) is 36.1 Å². The van der Waals surface area contributed by atoms with Gasteiger partial charge in [0.1, 0.15) is 11.6 Å². The second-order valence-corrected chi connectivity index (χ2v) is 5.95. The molecule has 1 aromatic rings. The van der Waals surface area contributed by atoms with E-state index in [9.17, 15) is 13.6 Å². The Morgan fingerprint density at radius 2 is 1.80 bits per heavy atom. The zero-order valence-corrected chi connectivity index (χ0v) is 12.0. The minimum atomic E-state index is -0.758. The highest BCUT2D eigenvalue weighted by atomic mass is 19.1. The molecule has 3 nitrogen and oxygen atoms in total. The fourth-order valence-electron chi connectivity index (χ4n) is 3.33. The molecule has 1 amide bonds. The number of hydrogen-bond donors (Lipinski definition) is 1. The number of carbonyl (C=O) groups is 1. The van der Waals surface area contributed by atoms with Gasteiger partial charge in [-0.3, -0.25) is 4.79 Å². The molecule has 0 radical (unpaired) electrons. The summed E-state index contributed by atoms with van der Waals surface area (Å²) in [6, 6.07) is 2.71. The molecular formula is C15H19F2NO2. The fourth-order valence-corrected chi connectivity index (χ4v) is 3.33. The van der Waals surface area contributed by atoms with E-state index in [-0.39, 0.29) is 29.0 Å². The SMILES string of the molecule is CO[C@@H]1[C@H](C)[C@@H](NC(=O)c2cc(F)cc(F)c2)C1(C)C. The van der Waals surface area contributed by atoms with Crippen LogP contribution in [-0.4, -0.2) is 25.2 Å². The van der Waals surface area contributed by atoms with Gasteiger partial charge in [0.25, 0.3) is 5.91 Å². The molecule has 5 heteroatoms. The van der Waals surface area contributed by atoms with Crippen molar-refractivity contribution in [3.05, 3.63) is 35.4 Å². The highest BCUT2D eigenvalue weighted by Crippen LogP contribution is 2.46. The van der Waals surface area contributed by atoms with Crippen molar-refractivity contribution in [1.82, 2.24) is 5.32 Å². The molecule has 0 aliphatic heterocycles. The fraction of sp³-hybridized carbons (Fsp3) is 0.533. The predicted octanol–water partition coefficient (Wildman–Crippen LogP) is 2.75. The number of nitrogens with one attached hydrogen (secondary N) is 1. The molecule has 1 aromatic carbocycles. The molecule has 1 fully saturated rings. The molecule has 1 aliphatic rings. The Hall–Kier alpha value is -1.49. The summed E-state index contributed by atoms with van der Waals surface area (Å²) < 4.78 is 31.7. The van der Waals surface area contributed by atoms with Crippen LogP contribution in [0, 0.1) is 23.0 Å². The van der Waals surface area contributed by atoms with E-state index in [0.717, 1.165) is 18.2 Å². The second-order valence-electron chi connectivity index (χ2n) is 5.95. The van der Waals surface area contributed by atoms with Crippen LogP contribution in [0.1, 0.15) is 31.1 Å². The molecule has 0 bridgehead atoms. The van der Waals surface area contributed by atoms with Gasteiger partial charge in [-0.25, -0.2) is 8.78 Å². The summed E-state index contributed by atoms with van der Waals surface area (Å²) in [5.41, 5.74) is -0.221. The van der Waals surface area contributed by atoms with Gasteiger partial charge in [0.05, 0.1) is 6.10 Å². The van der Waals surface area contributed by atoms with Crippen LogP contribution in [0.5, 0.6) is 0 Å². The van der Waals surface area contributed by atoms with E-state index in [4.69, 9.17) is 4.74 Å². The molecule has 110 valence electrons. The lowest BCUT2D eigenvalue weighted by molar-refractivity contribution is -0.141. The number of rotatable bonds is 3. The monoisotopic (exact) mass is 283 g/mol. The number of hydrogen-bond acceptors (Lipinski definition) is 2. The van der Waals surface area contributed by atoms with Crippen molar-refractivity contribution in [2.45, 2.75) is 32.9 Å². The first-order valence-electron chi connectivity index (χ1n) is 6.57. The summed E-state index contributed by atoms with van der Waals surface area (Å²) in [5, 5.41) is 2.84. The Kier molecular flexibility index (Phi) is 3.82. The standard InChI is InChI=1S/C15H19F2NO2/c1-8-12(15(2,3)13(8)20-4)18-14(19)9-5-10(16)7-11(17)6-9/h5-8,12-13H,1-4H3,(H,18,19)/t8-,12-,13-/m1/s1. The molecule has 2 rings (SSSR count). The van der Waals surface area contributed by atoms with Gasteiger partial charge in [-0.05, 0) is 12.1 Å². The summed E-state index contributed by atoms with van der Waals surface area (Å²) in [5.74, 6) is -1.84. The minimum absolute atomic E-state index is 0.00799. The minimum Gasteiger partial charge on any atom is -0.380 e. The van der Waals surface area contributed by atoms with Crippen LogP contribution < -0.4 is 5.32 Å². The van der Waals surface area contributed by atoms with Crippen LogP contribution in [-0.2, 0) is 4.74 Å². The van der Waals surface area contributed by atoms with E-state index < -0.39 is 17.5 Å². The van der Waals surface area contributed by atoms with Crippen LogP contribution in [0.4, 0.5) is 8.78 Å². The smallest absolute Gasteiger partial charge is 0.251 e. The topological polar surface area (TPSA) is 38.3 Å². The second kappa shape index (κ2) is 5.13. The van der Waals surface area contributed by atoms with Gasteiger partial charge in [0.2, 0.25) is 0 Å². The van der Waals surface area contributed by atoms with Gasteiger partial charge < -0.3 is 10.1 Å². The third-order valence-electron chi connectivity index (χ3n) is 4.20. The molecule has 0 heterocycles. The number of methoxy groups -OCH3 is 1. The quantitative estimate of drug-likeness (QED) is 0.926. The molecule has 20 heavy (non-hydrogen) atoms. The van der Waals surface area contributed by atoms with E-state index >= 15 is 0 Å². The Morgan fingerprint density at radius 3 is 2.25 bits per heavy atom. The summed E-state index contributed by atoms with van der Waals surface area (Å²) in [4.78, 5) is 12.1. The van der Waals surface area contributed by atoms with Gasteiger partial charge in [-0.2, -0.15) is 0 Å². The zero-order valence-electron chi connectivity index (χ0n) is 12.0. The number of ether oxygens (including phenoxy) is 1. The maximum absolute atomic E-state index is 13.1. The Balaban J connectivity index is 2.13. The summed E-state index contributed by atoms with van der Waals surface area (Å²) in [6.45, 7) is 5.98. The van der Waals surface area contributed by atoms with Crippen LogP contribution in [0.2, 0.25) is 0 Å². The van der Waals surface area contributed by atoms with E-state index in [1.54, 1.807) is 7.11 Å². The van der Waals surface area contributed by atoms with Gasteiger partial charge >= 0.3 is 0 Å². The lowest BCUT2D eigenvalue weighted by Crippen LogP contribution is -2.67. The molecule has 1 saturated carbocycles. The van der Waals surface area contributed by atoms with Crippen LogP contribution in [0.15, 0.2) is 18.2 Å². The van der Waals surface area contributed by atoms with Gasteiger partial charge in [0.15, 0.2) is 0 Å². The van der Waals surface area contributed by atoms with Crippen molar-refractivity contribution >= 4 is 5.91 Å². The maximum atomic E-state index is 13.1. The lowest BCUT2D eigenvalue weighted by Gasteiger charge is -2.56. The molecule has 0 unspecified atom stereocenters. The lowest BCUT2D eigenvalue weighted by atomic mass is 9.58. The first-order chi connectivity index (χ1) is 9.27. The van der Waals surface area contributed by atoms with E-state index in [1.807, 2.05) is 20.8 Å². The Morgan fingerprint density at radius 1 is 1.25 bits per heavy atom. The van der Waals surface area contributed by atoms with Crippen molar-refractivity contribution in [2.75, 3.05) is 7.11 Å². The highest BCUT2D eigenvalue weighted by Gasteiger charge is 2.55. The average molecular weight is 283 g/mol. The van der Waals surface area contributed by atoms with E-state index in [2.05, 4.69) is 5.32 Å². The summed E-state index contributed by atoms with van der Waals surface area (Å²) in [6.07, 6.45) is 0.0528. The molecule has 3 atom stereocenters. The van der Waals surface area contributed by atoms with Crippen molar-refractivity contribution < 1.29 is 18.3 Å². The maximum Gasteiger partial charge on any atom is 0.251 e. The van der Waals surface area contributed by atoms with Gasteiger partial charge in [-0.1, -0.05) is 20.8 Å². The third kappa shape index (κ3) is 2.42. The molecule has 0 spiro atoms. The number of benzene rings is 1. The van der Waals surface area contributed by atoms with Crippen LogP contribution >= 0.6 is 0 Å². The number of amides is 1. The molecule has 1 aliphatic carbocycles. The normalized spacial score (nSPS) is 27.8. The Labute approximate surface area is 117 Å². The molecular weight excluding hydrogens is 264 g/mol. The third-order valence-corrected chi connectivity index (χ3v) is 4.20. The molecule has 1 N–H and O–H groups in total. The molecule has 0 aromatic heterocycles. The van der Waals surface area contributed by atoms with Crippen molar-refractivity contribution in [2.24, 2.45) is 11.3 Å². The predicted molar refractivity (Wildman–Crippen MR) is 71.4 cm³/mol. The summed E-state index contributed by atoms with van der Waals surface area (Å²) in [7, 11) is 1.64. The van der Waals surface area contributed by atoms with E-state index in [1.165, 1.54) is 0 Å². The highest BCUT2D eigenvalue weighted by molar-refractivity contribution is 5.94. The zero-order chi connectivity index (χ0) is 15.1. The summed E-state index contributed by atoms with van der Waals surface area (Å²) >= 11 is 0. The largest absolute Gasteiger partial charge is 0.380 e. The average Bonchev–Trinajstić information content (AvgIpc) is 2.34. The first kappa shape index (κ1) is 14.9.